The molecular formula is C11H20O. The molecule has 0 aromatic heterocycles. The second-order valence-corrected chi connectivity index (χ2v) is 5.01. The van der Waals surface area contributed by atoms with Crippen LogP contribution in [0.25, 0.3) is 0 Å². The molecule has 0 amide bonds. The van der Waals surface area contributed by atoms with Gasteiger partial charge >= 0.3 is 0 Å². The maximum absolute atomic E-state index is 9.80. The molecule has 0 fully saturated rings. The summed E-state index contributed by atoms with van der Waals surface area (Å²) in [4.78, 5) is 0. The number of rotatable bonds is 0. The Morgan fingerprint density at radius 3 is 2.42 bits per heavy atom. The summed E-state index contributed by atoms with van der Waals surface area (Å²) < 4.78 is 0. The van der Waals surface area contributed by atoms with Gasteiger partial charge < -0.3 is 5.11 Å². The van der Waals surface area contributed by atoms with Crippen LogP contribution in [-0.2, 0) is 0 Å². The van der Waals surface area contributed by atoms with E-state index in [1.165, 1.54) is 5.57 Å². The van der Waals surface area contributed by atoms with E-state index in [2.05, 4.69) is 27.7 Å². The Morgan fingerprint density at radius 1 is 1.42 bits per heavy atom. The zero-order valence-electron chi connectivity index (χ0n) is 8.59. The van der Waals surface area contributed by atoms with E-state index in [1.54, 1.807) is 0 Å². The predicted molar refractivity (Wildman–Crippen MR) is 51.9 cm³/mol. The van der Waals surface area contributed by atoms with Gasteiger partial charge in [0.25, 0.3) is 0 Å². The molecule has 1 aliphatic rings. The Bertz CT molecular complexity index is 186. The Balaban J connectivity index is 2.72. The maximum atomic E-state index is 9.80. The van der Waals surface area contributed by atoms with E-state index in [0.717, 1.165) is 12.8 Å². The van der Waals surface area contributed by atoms with Gasteiger partial charge in [-0.3, -0.25) is 0 Å². The summed E-state index contributed by atoms with van der Waals surface area (Å²) in [6, 6.07) is 0. The summed E-state index contributed by atoms with van der Waals surface area (Å²) in [6.07, 6.45) is 4.07. The topological polar surface area (TPSA) is 20.2 Å². The molecule has 1 unspecified atom stereocenters. The van der Waals surface area contributed by atoms with Crippen LogP contribution < -0.4 is 0 Å². The molecule has 1 aliphatic carbocycles. The van der Waals surface area contributed by atoms with Crippen molar-refractivity contribution in [3.05, 3.63) is 11.6 Å². The minimum Gasteiger partial charge on any atom is -0.389 e. The van der Waals surface area contributed by atoms with Gasteiger partial charge in [0.05, 0.1) is 6.10 Å². The summed E-state index contributed by atoms with van der Waals surface area (Å²) >= 11 is 0. The number of hydrogen-bond acceptors (Lipinski definition) is 1. The lowest BCUT2D eigenvalue weighted by molar-refractivity contribution is 0.0634. The van der Waals surface area contributed by atoms with Crippen LogP contribution in [0.4, 0.5) is 0 Å². The van der Waals surface area contributed by atoms with Crippen LogP contribution in [0, 0.1) is 11.3 Å². The predicted octanol–water partition coefficient (Wildman–Crippen LogP) is 2.75. The Morgan fingerprint density at radius 2 is 2.00 bits per heavy atom. The number of aliphatic hydroxyl groups is 1. The highest BCUT2D eigenvalue weighted by atomic mass is 16.3. The molecular weight excluding hydrogens is 148 g/mol. The monoisotopic (exact) mass is 168 g/mol. The van der Waals surface area contributed by atoms with E-state index in [0.29, 0.717) is 5.92 Å². The molecule has 1 rings (SSSR count). The van der Waals surface area contributed by atoms with Crippen LogP contribution in [0.1, 0.15) is 40.5 Å². The molecule has 70 valence electrons. The fraction of sp³-hybridized carbons (Fsp3) is 0.818. The third-order valence-electron chi connectivity index (χ3n) is 2.83. The van der Waals surface area contributed by atoms with Gasteiger partial charge in [-0.15, -0.1) is 0 Å². The zero-order chi connectivity index (χ0) is 9.35. The van der Waals surface area contributed by atoms with Crippen molar-refractivity contribution in [1.29, 1.82) is 0 Å². The van der Waals surface area contributed by atoms with Crippen molar-refractivity contribution < 1.29 is 5.11 Å². The van der Waals surface area contributed by atoms with E-state index >= 15 is 0 Å². The fourth-order valence-electron chi connectivity index (χ4n) is 1.99. The molecule has 0 saturated heterocycles. The van der Waals surface area contributed by atoms with Gasteiger partial charge in [-0.25, -0.2) is 0 Å². The first-order valence-corrected chi connectivity index (χ1v) is 4.76. The number of aliphatic hydroxyl groups excluding tert-OH is 1. The summed E-state index contributed by atoms with van der Waals surface area (Å²) in [5.74, 6) is 0.432. The molecule has 1 nitrogen and oxygen atoms in total. The molecule has 0 radical (unpaired) electrons. The molecule has 12 heavy (non-hydrogen) atoms. The van der Waals surface area contributed by atoms with Crippen molar-refractivity contribution in [2.24, 2.45) is 11.3 Å². The normalized spacial score (nSPS) is 31.6. The van der Waals surface area contributed by atoms with Crippen LogP contribution in [0.5, 0.6) is 0 Å². The first-order chi connectivity index (χ1) is 5.41. The summed E-state index contributed by atoms with van der Waals surface area (Å²) in [7, 11) is 0. The molecule has 0 heterocycles. The molecule has 0 bridgehead atoms. The fourth-order valence-corrected chi connectivity index (χ4v) is 1.99. The smallest absolute Gasteiger partial charge is 0.0756 e. The Labute approximate surface area is 75.5 Å². The van der Waals surface area contributed by atoms with Crippen LogP contribution in [-0.4, -0.2) is 11.2 Å². The van der Waals surface area contributed by atoms with Crippen molar-refractivity contribution >= 4 is 0 Å². The van der Waals surface area contributed by atoms with Crippen molar-refractivity contribution in [3.8, 4) is 0 Å². The molecule has 1 heteroatoms. The summed E-state index contributed by atoms with van der Waals surface area (Å²) in [5.41, 5.74) is 1.57. The lowest BCUT2D eigenvalue weighted by Crippen LogP contribution is -2.33. The molecule has 2 atom stereocenters. The largest absolute Gasteiger partial charge is 0.389 e. The van der Waals surface area contributed by atoms with Crippen LogP contribution in [0.3, 0.4) is 0 Å². The molecule has 0 aliphatic heterocycles. The van der Waals surface area contributed by atoms with Crippen LogP contribution in [0.2, 0.25) is 0 Å². The first kappa shape index (κ1) is 9.79. The van der Waals surface area contributed by atoms with Crippen molar-refractivity contribution in [2.75, 3.05) is 0 Å². The van der Waals surface area contributed by atoms with Crippen LogP contribution in [0.15, 0.2) is 11.6 Å². The van der Waals surface area contributed by atoms with E-state index in [9.17, 15) is 5.11 Å². The van der Waals surface area contributed by atoms with Crippen molar-refractivity contribution in [1.82, 2.24) is 0 Å². The second kappa shape index (κ2) is 3.21. The summed E-state index contributed by atoms with van der Waals surface area (Å²) in [5, 5.41) is 9.80. The van der Waals surface area contributed by atoms with Gasteiger partial charge in [0, 0.05) is 0 Å². The minimum absolute atomic E-state index is 0.223. The number of allylic oxidation sites excluding steroid dienone is 1. The molecule has 0 aromatic rings. The lowest BCUT2D eigenvalue weighted by atomic mass is 9.72. The van der Waals surface area contributed by atoms with E-state index < -0.39 is 0 Å². The Hall–Kier alpha value is -0.300. The average molecular weight is 168 g/mol. The minimum atomic E-state index is -0.223. The third kappa shape index (κ3) is 2.10. The van der Waals surface area contributed by atoms with E-state index in [4.69, 9.17) is 0 Å². The zero-order valence-corrected chi connectivity index (χ0v) is 8.59. The average Bonchev–Trinajstić information content (AvgIpc) is 1.83. The standard InChI is InChI=1S/C11H20O/c1-8-5-6-9(10(12)7-8)11(2,3)4/h7,9-10,12H,5-6H2,1-4H3/t9-,10?/m1/s1. The Kier molecular flexibility index (Phi) is 2.62. The molecule has 0 aromatic carbocycles. The van der Waals surface area contributed by atoms with Crippen LogP contribution >= 0.6 is 0 Å². The van der Waals surface area contributed by atoms with Gasteiger partial charge in [-0.1, -0.05) is 32.4 Å². The SMILES string of the molecule is CC1=CC(O)[C@H](C(C)(C)C)CC1. The van der Waals surface area contributed by atoms with Crippen molar-refractivity contribution in [2.45, 2.75) is 46.6 Å². The lowest BCUT2D eigenvalue weighted by Gasteiger charge is -2.36. The van der Waals surface area contributed by atoms with Gasteiger partial charge in [-0.05, 0) is 31.1 Å². The highest BCUT2D eigenvalue weighted by Crippen LogP contribution is 2.37. The van der Waals surface area contributed by atoms with Gasteiger partial charge in [-0.2, -0.15) is 0 Å². The number of hydrogen-bond donors (Lipinski definition) is 1. The van der Waals surface area contributed by atoms with E-state index in [1.807, 2.05) is 6.08 Å². The second-order valence-electron chi connectivity index (χ2n) is 5.01. The highest BCUT2D eigenvalue weighted by Gasteiger charge is 2.31. The first-order valence-electron chi connectivity index (χ1n) is 4.76. The molecule has 0 saturated carbocycles. The van der Waals surface area contributed by atoms with Crippen molar-refractivity contribution in [3.63, 3.8) is 0 Å². The van der Waals surface area contributed by atoms with Gasteiger partial charge in [0.1, 0.15) is 0 Å². The quantitative estimate of drug-likeness (QED) is 0.551. The van der Waals surface area contributed by atoms with Gasteiger partial charge in [0.15, 0.2) is 0 Å². The summed E-state index contributed by atoms with van der Waals surface area (Å²) in [6.45, 7) is 8.71. The molecule has 1 N–H and O–H groups in total. The van der Waals surface area contributed by atoms with E-state index in [-0.39, 0.29) is 11.5 Å². The van der Waals surface area contributed by atoms with Gasteiger partial charge in [0.2, 0.25) is 0 Å². The molecule has 0 spiro atoms. The third-order valence-corrected chi connectivity index (χ3v) is 2.83. The highest BCUT2D eigenvalue weighted by molar-refractivity contribution is 5.09. The maximum Gasteiger partial charge on any atom is 0.0756 e.